The average molecular weight is 254 g/mol. The Hall–Kier alpha value is -0.790. The zero-order valence-corrected chi connectivity index (χ0v) is 12.0. The molecule has 1 N–H and O–H groups in total. The molecule has 0 radical (unpaired) electrons. The van der Waals surface area contributed by atoms with Crippen molar-refractivity contribution < 1.29 is 9.90 Å². The van der Waals surface area contributed by atoms with E-state index in [1.807, 2.05) is 0 Å². The van der Waals surface area contributed by atoms with Crippen LogP contribution in [0.15, 0.2) is 12.2 Å². The maximum absolute atomic E-state index is 10.3. The van der Waals surface area contributed by atoms with Crippen LogP contribution in [0.5, 0.6) is 0 Å². The van der Waals surface area contributed by atoms with Crippen molar-refractivity contribution in [2.75, 3.05) is 0 Å². The van der Waals surface area contributed by atoms with Gasteiger partial charge in [0, 0.05) is 6.42 Å². The number of unbranched alkanes of at least 4 members (excludes halogenated alkanes) is 7. The van der Waals surface area contributed by atoms with E-state index in [4.69, 9.17) is 5.11 Å². The van der Waals surface area contributed by atoms with Crippen molar-refractivity contribution in [3.8, 4) is 0 Å². The van der Waals surface area contributed by atoms with Crippen molar-refractivity contribution in [3.05, 3.63) is 12.2 Å². The van der Waals surface area contributed by atoms with Gasteiger partial charge < -0.3 is 5.11 Å². The molecule has 0 atom stereocenters. The van der Waals surface area contributed by atoms with Gasteiger partial charge in [0.2, 0.25) is 0 Å². The molecule has 0 fully saturated rings. The molecule has 2 heteroatoms. The van der Waals surface area contributed by atoms with E-state index < -0.39 is 5.97 Å². The van der Waals surface area contributed by atoms with E-state index in [2.05, 4.69) is 13.5 Å². The van der Waals surface area contributed by atoms with E-state index in [1.54, 1.807) is 0 Å². The van der Waals surface area contributed by atoms with Gasteiger partial charge in [0.05, 0.1) is 0 Å². The second-order valence-electron chi connectivity index (χ2n) is 5.22. The van der Waals surface area contributed by atoms with Crippen molar-refractivity contribution in [2.45, 2.75) is 84.0 Å². The molecular formula is C16H30O2. The summed E-state index contributed by atoms with van der Waals surface area (Å²) in [5.74, 6) is -0.666. The summed E-state index contributed by atoms with van der Waals surface area (Å²) in [6.07, 6.45) is 13.5. The fraction of sp³-hybridized carbons (Fsp3) is 0.812. The molecule has 0 bridgehead atoms. The largest absolute Gasteiger partial charge is 0.481 e. The number of carbonyl (C=O) groups is 1. The molecule has 0 aromatic heterocycles. The second kappa shape index (κ2) is 12.7. The lowest BCUT2D eigenvalue weighted by molar-refractivity contribution is -0.137. The average Bonchev–Trinajstić information content (AvgIpc) is 2.34. The zero-order valence-electron chi connectivity index (χ0n) is 12.0. The third-order valence-electron chi connectivity index (χ3n) is 3.30. The topological polar surface area (TPSA) is 37.3 Å². The Morgan fingerprint density at radius 2 is 1.28 bits per heavy atom. The van der Waals surface area contributed by atoms with Crippen molar-refractivity contribution in [1.82, 2.24) is 0 Å². The van der Waals surface area contributed by atoms with E-state index in [0.717, 1.165) is 12.8 Å². The minimum absolute atomic E-state index is 0.331. The Morgan fingerprint density at radius 3 is 1.78 bits per heavy atom. The van der Waals surface area contributed by atoms with Crippen LogP contribution in [-0.4, -0.2) is 11.1 Å². The normalized spacial score (nSPS) is 10.5. The predicted octanol–water partition coefficient (Wildman–Crippen LogP) is 5.33. The Balaban J connectivity index is 3.11. The first-order valence-corrected chi connectivity index (χ1v) is 7.55. The van der Waals surface area contributed by atoms with Crippen LogP contribution in [0.3, 0.4) is 0 Å². The highest BCUT2D eigenvalue weighted by atomic mass is 16.4. The highest BCUT2D eigenvalue weighted by molar-refractivity contribution is 5.66. The fourth-order valence-corrected chi connectivity index (χ4v) is 2.09. The molecule has 0 aromatic carbocycles. The van der Waals surface area contributed by atoms with E-state index >= 15 is 0 Å². The highest BCUT2D eigenvalue weighted by Crippen LogP contribution is 2.15. The van der Waals surface area contributed by atoms with Crippen LogP contribution in [0.1, 0.15) is 84.0 Å². The quantitative estimate of drug-likeness (QED) is 0.356. The SMILES string of the molecule is C=C(CCCC)CCCCCCCCCC(=O)O. The van der Waals surface area contributed by atoms with Crippen LogP contribution in [0, 0.1) is 0 Å². The monoisotopic (exact) mass is 254 g/mol. The number of aliphatic carboxylic acids is 1. The van der Waals surface area contributed by atoms with E-state index in [0.29, 0.717) is 6.42 Å². The molecule has 18 heavy (non-hydrogen) atoms. The lowest BCUT2D eigenvalue weighted by Crippen LogP contribution is -1.93. The molecule has 0 heterocycles. The molecule has 0 saturated heterocycles. The summed E-state index contributed by atoms with van der Waals surface area (Å²) in [4.78, 5) is 10.3. The molecule has 106 valence electrons. The smallest absolute Gasteiger partial charge is 0.303 e. The van der Waals surface area contributed by atoms with Gasteiger partial charge in [-0.15, -0.1) is 0 Å². The number of allylic oxidation sites excluding steroid dienone is 1. The van der Waals surface area contributed by atoms with Crippen molar-refractivity contribution in [2.24, 2.45) is 0 Å². The minimum atomic E-state index is -0.666. The molecule has 0 amide bonds. The maximum Gasteiger partial charge on any atom is 0.303 e. The van der Waals surface area contributed by atoms with E-state index in [1.165, 1.54) is 63.4 Å². The van der Waals surface area contributed by atoms with E-state index in [9.17, 15) is 4.79 Å². The third-order valence-corrected chi connectivity index (χ3v) is 3.30. The molecule has 0 saturated carbocycles. The van der Waals surface area contributed by atoms with Gasteiger partial charge in [-0.3, -0.25) is 4.79 Å². The summed E-state index contributed by atoms with van der Waals surface area (Å²) in [6.45, 7) is 6.33. The van der Waals surface area contributed by atoms with Gasteiger partial charge in [0.25, 0.3) is 0 Å². The highest BCUT2D eigenvalue weighted by Gasteiger charge is 1.97. The van der Waals surface area contributed by atoms with Crippen LogP contribution < -0.4 is 0 Å². The van der Waals surface area contributed by atoms with E-state index in [-0.39, 0.29) is 0 Å². The number of carboxylic acids is 1. The Kier molecular flexibility index (Phi) is 12.1. The molecule has 0 aliphatic carbocycles. The molecule has 0 unspecified atom stereocenters. The van der Waals surface area contributed by atoms with Gasteiger partial charge in [-0.05, 0) is 32.1 Å². The van der Waals surface area contributed by atoms with Crippen LogP contribution in [0.2, 0.25) is 0 Å². The van der Waals surface area contributed by atoms with Gasteiger partial charge in [0.1, 0.15) is 0 Å². The fourth-order valence-electron chi connectivity index (χ4n) is 2.09. The van der Waals surface area contributed by atoms with Crippen molar-refractivity contribution in [1.29, 1.82) is 0 Å². The van der Waals surface area contributed by atoms with Gasteiger partial charge in [-0.2, -0.15) is 0 Å². The first-order chi connectivity index (χ1) is 8.66. The Bertz CT molecular complexity index is 221. The number of carboxylic acid groups (broad SMARTS) is 1. The van der Waals surface area contributed by atoms with Crippen LogP contribution >= 0.6 is 0 Å². The Labute approximate surface area is 112 Å². The zero-order chi connectivity index (χ0) is 13.6. The van der Waals surface area contributed by atoms with Gasteiger partial charge in [-0.25, -0.2) is 0 Å². The van der Waals surface area contributed by atoms with Crippen molar-refractivity contribution in [3.63, 3.8) is 0 Å². The molecular weight excluding hydrogens is 224 g/mol. The lowest BCUT2D eigenvalue weighted by atomic mass is 10.0. The van der Waals surface area contributed by atoms with Crippen LogP contribution in [0.25, 0.3) is 0 Å². The van der Waals surface area contributed by atoms with Gasteiger partial charge in [0.15, 0.2) is 0 Å². The van der Waals surface area contributed by atoms with Gasteiger partial charge in [-0.1, -0.05) is 57.6 Å². The standard InChI is InChI=1S/C16H30O2/c1-3-4-12-15(2)13-10-8-6-5-7-9-11-14-16(17)18/h2-14H2,1H3,(H,17,18). The number of rotatable bonds is 13. The summed E-state index contributed by atoms with van der Waals surface area (Å²) in [7, 11) is 0. The summed E-state index contributed by atoms with van der Waals surface area (Å²) in [6, 6.07) is 0. The molecule has 2 nitrogen and oxygen atoms in total. The number of hydrogen-bond acceptors (Lipinski definition) is 1. The molecule has 0 aliphatic heterocycles. The number of hydrogen-bond donors (Lipinski definition) is 1. The first-order valence-electron chi connectivity index (χ1n) is 7.55. The van der Waals surface area contributed by atoms with Crippen LogP contribution in [0.4, 0.5) is 0 Å². The third kappa shape index (κ3) is 13.3. The summed E-state index contributed by atoms with van der Waals surface area (Å²) in [5.41, 5.74) is 1.42. The molecule has 0 spiro atoms. The van der Waals surface area contributed by atoms with Crippen molar-refractivity contribution >= 4 is 5.97 Å². The predicted molar refractivity (Wildman–Crippen MR) is 77.9 cm³/mol. The summed E-state index contributed by atoms with van der Waals surface area (Å²) >= 11 is 0. The first kappa shape index (κ1) is 17.2. The lowest BCUT2D eigenvalue weighted by Gasteiger charge is -2.04. The molecule has 0 rings (SSSR count). The summed E-state index contributed by atoms with van der Waals surface area (Å²) in [5, 5.41) is 8.49. The maximum atomic E-state index is 10.3. The molecule has 0 aromatic rings. The second-order valence-corrected chi connectivity index (χ2v) is 5.22. The summed E-state index contributed by atoms with van der Waals surface area (Å²) < 4.78 is 0. The van der Waals surface area contributed by atoms with Crippen LogP contribution in [-0.2, 0) is 4.79 Å². The van der Waals surface area contributed by atoms with Gasteiger partial charge >= 0.3 is 5.97 Å². The Morgan fingerprint density at radius 1 is 0.833 bits per heavy atom. The minimum Gasteiger partial charge on any atom is -0.481 e. The molecule has 0 aliphatic rings.